The second-order valence-electron chi connectivity index (χ2n) is 8.22. The van der Waals surface area contributed by atoms with Crippen LogP contribution in [-0.4, -0.2) is 44.2 Å². The second-order valence-corrected chi connectivity index (χ2v) is 9.30. The van der Waals surface area contributed by atoms with Crippen molar-refractivity contribution in [2.45, 2.75) is 46.3 Å². The van der Waals surface area contributed by atoms with Crippen LogP contribution in [0.1, 0.15) is 47.5 Å². The fourth-order valence-electron chi connectivity index (χ4n) is 3.08. The second kappa shape index (κ2) is 8.10. The minimum absolute atomic E-state index is 0.261. The quantitative estimate of drug-likeness (QED) is 0.653. The Balaban J connectivity index is 1.41. The third kappa shape index (κ3) is 4.91. The summed E-state index contributed by atoms with van der Waals surface area (Å²) in [5.74, 6) is 0.699. The maximum Gasteiger partial charge on any atom is 0.410 e. The topological polar surface area (TPSA) is 110 Å². The van der Waals surface area contributed by atoms with E-state index >= 15 is 0 Å². The third-order valence-corrected chi connectivity index (χ3v) is 5.52. The molecule has 0 saturated heterocycles. The average molecular weight is 442 g/mol. The Bertz CT molecular complexity index is 1110. The van der Waals surface area contributed by atoms with E-state index in [1.807, 2.05) is 20.8 Å². The van der Waals surface area contributed by atoms with Crippen molar-refractivity contribution in [2.24, 2.45) is 0 Å². The number of anilines is 1. The predicted octanol–water partition coefficient (Wildman–Crippen LogP) is 4.05. The summed E-state index contributed by atoms with van der Waals surface area (Å²) in [7, 11) is 0. The summed E-state index contributed by atoms with van der Waals surface area (Å²) < 4.78 is 10.6. The maximum atomic E-state index is 12.6. The summed E-state index contributed by atoms with van der Waals surface area (Å²) in [5, 5.41) is 7.12. The van der Waals surface area contributed by atoms with Crippen LogP contribution >= 0.6 is 11.3 Å². The zero-order valence-electron chi connectivity index (χ0n) is 17.8. The van der Waals surface area contributed by atoms with Crippen LogP contribution in [0.3, 0.4) is 0 Å². The molecule has 1 aliphatic heterocycles. The normalized spacial score (nSPS) is 13.6. The van der Waals surface area contributed by atoms with Gasteiger partial charge in [-0.05, 0) is 52.0 Å². The highest BCUT2D eigenvalue weighted by Crippen LogP contribution is 2.29. The van der Waals surface area contributed by atoms with E-state index in [9.17, 15) is 9.59 Å². The highest BCUT2D eigenvalue weighted by Gasteiger charge is 2.28. The predicted molar refractivity (Wildman–Crippen MR) is 115 cm³/mol. The van der Waals surface area contributed by atoms with Crippen molar-refractivity contribution in [2.75, 3.05) is 11.9 Å². The molecule has 2 aromatic heterocycles. The lowest BCUT2D eigenvalue weighted by atomic mass is 10.1. The van der Waals surface area contributed by atoms with Gasteiger partial charge in [-0.15, -0.1) is 0 Å². The zero-order valence-corrected chi connectivity index (χ0v) is 18.6. The van der Waals surface area contributed by atoms with Crippen molar-refractivity contribution in [3.05, 3.63) is 46.2 Å². The Morgan fingerprint density at radius 1 is 1.19 bits per heavy atom. The Morgan fingerprint density at radius 3 is 2.58 bits per heavy atom. The number of nitrogens with one attached hydrogen (secondary N) is 1. The fourth-order valence-corrected chi connectivity index (χ4v) is 4.10. The van der Waals surface area contributed by atoms with Gasteiger partial charge in [0, 0.05) is 29.0 Å². The molecule has 0 unspecified atom stereocenters. The van der Waals surface area contributed by atoms with Crippen LogP contribution < -0.4 is 5.32 Å². The van der Waals surface area contributed by atoms with Crippen LogP contribution in [0.2, 0.25) is 0 Å². The summed E-state index contributed by atoms with van der Waals surface area (Å²) in [6.07, 6.45) is 0.285. The smallest absolute Gasteiger partial charge is 0.410 e. The zero-order chi connectivity index (χ0) is 22.2. The van der Waals surface area contributed by atoms with Gasteiger partial charge >= 0.3 is 6.09 Å². The van der Waals surface area contributed by atoms with Gasteiger partial charge in [0.05, 0.1) is 12.2 Å². The molecule has 1 aromatic carbocycles. The highest BCUT2D eigenvalue weighted by molar-refractivity contribution is 7.15. The van der Waals surface area contributed by atoms with E-state index in [0.29, 0.717) is 41.9 Å². The summed E-state index contributed by atoms with van der Waals surface area (Å²) >= 11 is 1.37. The molecule has 4 rings (SSSR count). The number of thiazole rings is 1. The third-order valence-electron chi connectivity index (χ3n) is 4.53. The molecule has 3 aromatic rings. The molecule has 0 atom stereocenters. The molecule has 0 aliphatic carbocycles. The number of fused-ring (bicyclic) bond motifs is 1. The van der Waals surface area contributed by atoms with Crippen LogP contribution in [0.15, 0.2) is 28.8 Å². The van der Waals surface area contributed by atoms with Gasteiger partial charge in [0.15, 0.2) is 11.0 Å². The van der Waals surface area contributed by atoms with Crippen LogP contribution in [0.4, 0.5) is 9.93 Å². The molecule has 0 spiro atoms. The lowest BCUT2D eigenvalue weighted by Crippen LogP contribution is -2.39. The summed E-state index contributed by atoms with van der Waals surface area (Å²) in [5.41, 5.74) is 1.59. The Hall–Kier alpha value is -3.27. The van der Waals surface area contributed by atoms with E-state index in [1.54, 1.807) is 36.1 Å². The first kappa shape index (κ1) is 21.0. The number of aryl methyl sites for hydroxylation is 1. The highest BCUT2D eigenvalue weighted by atomic mass is 32.1. The first-order valence-corrected chi connectivity index (χ1v) is 10.7. The number of ether oxygens (including phenoxy) is 1. The molecule has 31 heavy (non-hydrogen) atoms. The first-order valence-electron chi connectivity index (χ1n) is 9.86. The van der Waals surface area contributed by atoms with Crippen LogP contribution in [-0.2, 0) is 17.7 Å². The molecule has 9 nitrogen and oxygen atoms in total. The van der Waals surface area contributed by atoms with Crippen LogP contribution in [0.25, 0.3) is 11.5 Å². The van der Waals surface area contributed by atoms with Gasteiger partial charge in [0.1, 0.15) is 5.60 Å². The molecule has 0 fully saturated rings. The lowest BCUT2D eigenvalue weighted by Gasteiger charge is -2.29. The largest absolute Gasteiger partial charge is 0.444 e. The Kier molecular flexibility index (Phi) is 5.48. The number of amides is 2. The molecule has 1 N–H and O–H groups in total. The number of carbonyl (C=O) groups excluding carboxylic acids is 2. The Labute approximate surface area is 183 Å². The first-order chi connectivity index (χ1) is 14.7. The van der Waals surface area contributed by atoms with Crippen molar-refractivity contribution in [1.82, 2.24) is 20.0 Å². The number of aromatic nitrogens is 3. The monoisotopic (exact) mass is 441 g/mol. The van der Waals surface area contributed by atoms with E-state index in [-0.39, 0.29) is 12.0 Å². The van der Waals surface area contributed by atoms with E-state index in [4.69, 9.17) is 9.26 Å². The van der Waals surface area contributed by atoms with Gasteiger partial charge in [0.2, 0.25) is 0 Å². The van der Waals surface area contributed by atoms with Crippen LogP contribution in [0, 0.1) is 6.92 Å². The molecule has 0 radical (unpaired) electrons. The number of hydrogen-bond donors (Lipinski definition) is 1. The van der Waals surface area contributed by atoms with Gasteiger partial charge in [-0.2, -0.15) is 4.98 Å². The molecular weight excluding hydrogens is 418 g/mol. The molecule has 0 bridgehead atoms. The molecule has 2 amide bonds. The molecule has 3 heterocycles. The van der Waals surface area contributed by atoms with Crippen LogP contribution in [0.5, 0.6) is 0 Å². The molecule has 0 saturated carbocycles. The van der Waals surface area contributed by atoms with Crippen molar-refractivity contribution in [3.63, 3.8) is 0 Å². The van der Waals surface area contributed by atoms with Gasteiger partial charge in [-0.25, -0.2) is 9.78 Å². The minimum atomic E-state index is -0.540. The van der Waals surface area contributed by atoms with Crippen molar-refractivity contribution in [3.8, 4) is 11.5 Å². The molecule has 10 heteroatoms. The standard InChI is InChI=1S/C21H23N5O4S/c1-12-22-18(30-25-12)14-7-5-13(6-8-14)17(27)24-19-23-15-9-10-26(11-16(15)31-19)20(28)29-21(2,3)4/h5-8H,9-11H2,1-4H3,(H,23,24,27). The van der Waals surface area contributed by atoms with E-state index in [0.717, 1.165) is 16.1 Å². The summed E-state index contributed by atoms with van der Waals surface area (Å²) in [4.78, 5) is 36.3. The number of hydrogen-bond acceptors (Lipinski definition) is 8. The number of rotatable bonds is 3. The average Bonchev–Trinajstić information content (AvgIpc) is 3.31. The van der Waals surface area contributed by atoms with Gasteiger partial charge < -0.3 is 14.2 Å². The minimum Gasteiger partial charge on any atom is -0.444 e. The van der Waals surface area contributed by atoms with Gasteiger partial charge in [0.25, 0.3) is 11.8 Å². The van der Waals surface area contributed by atoms with Gasteiger partial charge in [-0.1, -0.05) is 16.5 Å². The summed E-state index contributed by atoms with van der Waals surface area (Å²) in [6.45, 7) is 8.24. The van der Waals surface area contributed by atoms with Crippen molar-refractivity contribution in [1.29, 1.82) is 0 Å². The van der Waals surface area contributed by atoms with E-state index in [2.05, 4.69) is 20.4 Å². The number of nitrogens with zero attached hydrogens (tertiary/aromatic N) is 4. The Morgan fingerprint density at radius 2 is 1.94 bits per heavy atom. The number of benzene rings is 1. The van der Waals surface area contributed by atoms with E-state index < -0.39 is 5.60 Å². The lowest BCUT2D eigenvalue weighted by molar-refractivity contribution is 0.0225. The van der Waals surface area contributed by atoms with Gasteiger partial charge in [-0.3, -0.25) is 10.1 Å². The van der Waals surface area contributed by atoms with Crippen molar-refractivity contribution < 1.29 is 18.8 Å². The molecular formula is C21H23N5O4S. The van der Waals surface area contributed by atoms with Crippen molar-refractivity contribution >= 4 is 28.5 Å². The molecule has 162 valence electrons. The van der Waals surface area contributed by atoms with E-state index in [1.165, 1.54) is 11.3 Å². The SMILES string of the molecule is Cc1noc(-c2ccc(C(=O)Nc3nc4c(s3)CN(C(=O)OC(C)(C)C)CC4)cc2)n1. The maximum absolute atomic E-state index is 12.6. The number of carbonyl (C=O) groups is 2. The fraction of sp³-hybridized carbons (Fsp3) is 0.381. The molecule has 1 aliphatic rings. The summed E-state index contributed by atoms with van der Waals surface area (Å²) in [6, 6.07) is 6.91.